The Morgan fingerprint density at radius 2 is 2.16 bits per heavy atom. The van der Waals surface area contributed by atoms with Crippen LogP contribution in [0, 0.1) is 5.95 Å². The molecular weight excluding hydrogens is 433 g/mol. The van der Waals surface area contributed by atoms with Crippen molar-refractivity contribution < 1.29 is 13.9 Å². The first kappa shape index (κ1) is 20.5. The maximum absolute atomic E-state index is 13.8. The van der Waals surface area contributed by atoms with Gasteiger partial charge in [-0.25, -0.2) is 14.6 Å². The van der Waals surface area contributed by atoms with Crippen LogP contribution in [0.4, 0.5) is 4.39 Å². The van der Waals surface area contributed by atoms with Gasteiger partial charge in [0.25, 0.3) is 5.91 Å². The summed E-state index contributed by atoms with van der Waals surface area (Å²) in [6.45, 7) is 2.67. The van der Waals surface area contributed by atoms with Gasteiger partial charge in [0.1, 0.15) is 22.1 Å². The zero-order chi connectivity index (χ0) is 22.2. The summed E-state index contributed by atoms with van der Waals surface area (Å²) < 4.78 is 23.0. The van der Waals surface area contributed by atoms with Gasteiger partial charge in [-0.2, -0.15) is 14.6 Å². The van der Waals surface area contributed by atoms with Gasteiger partial charge in [0.15, 0.2) is 0 Å². The molecule has 0 saturated heterocycles. The Balaban J connectivity index is 1.51. The smallest absolute Gasteiger partial charge is 0.268 e. The van der Waals surface area contributed by atoms with Crippen molar-refractivity contribution in [1.29, 1.82) is 0 Å². The molecule has 0 aliphatic heterocycles. The first-order valence-corrected chi connectivity index (χ1v) is 11.0. The standard InChI is InChI=1S/C21H20FN7O2S/c1-2-31-14-6-13(7-14)28-10-17(19(27-28)15-4-3-5-18(22)25-15)29-9-12(8-24-29)21-26-16(11-32-21)20(23)30/h3-5,8-11,13-14H,2,6-7H2,1H3,(H2,23,30). The molecule has 5 rings (SSSR count). The molecule has 1 fully saturated rings. The third-order valence-corrected chi connectivity index (χ3v) is 6.24. The number of nitrogens with zero attached hydrogens (tertiary/aromatic N) is 6. The number of thiazole rings is 1. The fourth-order valence-electron chi connectivity index (χ4n) is 3.67. The molecule has 4 aromatic rings. The zero-order valence-electron chi connectivity index (χ0n) is 17.2. The van der Waals surface area contributed by atoms with E-state index in [-0.39, 0.29) is 17.8 Å². The molecule has 32 heavy (non-hydrogen) atoms. The van der Waals surface area contributed by atoms with Crippen LogP contribution in [-0.2, 0) is 4.74 Å². The van der Waals surface area contributed by atoms with Gasteiger partial charge in [0.05, 0.1) is 30.2 Å². The van der Waals surface area contributed by atoms with E-state index in [4.69, 9.17) is 15.6 Å². The van der Waals surface area contributed by atoms with E-state index in [1.807, 2.05) is 17.8 Å². The lowest BCUT2D eigenvalue weighted by Gasteiger charge is -2.34. The van der Waals surface area contributed by atoms with E-state index < -0.39 is 11.9 Å². The largest absolute Gasteiger partial charge is 0.378 e. The number of carbonyl (C=O) groups is 1. The molecule has 0 spiro atoms. The third kappa shape index (κ3) is 3.80. The van der Waals surface area contributed by atoms with Gasteiger partial charge in [0.2, 0.25) is 5.95 Å². The van der Waals surface area contributed by atoms with E-state index in [0.717, 1.165) is 18.4 Å². The molecule has 11 heteroatoms. The minimum atomic E-state index is -0.578. The second-order valence-corrected chi connectivity index (χ2v) is 8.32. The van der Waals surface area contributed by atoms with Crippen LogP contribution in [0.3, 0.4) is 0 Å². The van der Waals surface area contributed by atoms with Gasteiger partial charge < -0.3 is 10.5 Å². The number of hydrogen-bond donors (Lipinski definition) is 1. The Hall–Kier alpha value is -3.44. The summed E-state index contributed by atoms with van der Waals surface area (Å²) >= 11 is 1.31. The topological polar surface area (TPSA) is 114 Å². The predicted octanol–water partition coefficient (Wildman–Crippen LogP) is 3.23. The number of carbonyl (C=O) groups excluding carboxylic acids is 1. The van der Waals surface area contributed by atoms with Crippen LogP contribution in [0.2, 0.25) is 0 Å². The van der Waals surface area contributed by atoms with Crippen molar-refractivity contribution in [1.82, 2.24) is 29.5 Å². The monoisotopic (exact) mass is 453 g/mol. The second-order valence-electron chi connectivity index (χ2n) is 7.47. The predicted molar refractivity (Wildman–Crippen MR) is 116 cm³/mol. The van der Waals surface area contributed by atoms with Crippen molar-refractivity contribution in [3.05, 3.63) is 53.8 Å². The number of halogens is 1. The van der Waals surface area contributed by atoms with Gasteiger partial charge in [-0.15, -0.1) is 11.3 Å². The van der Waals surface area contributed by atoms with E-state index in [0.29, 0.717) is 28.7 Å². The van der Waals surface area contributed by atoms with Crippen LogP contribution in [0.15, 0.2) is 42.2 Å². The van der Waals surface area contributed by atoms with Crippen LogP contribution in [-0.4, -0.2) is 48.1 Å². The number of amides is 1. The average Bonchev–Trinajstić information content (AvgIpc) is 3.49. The van der Waals surface area contributed by atoms with Gasteiger partial charge >= 0.3 is 0 Å². The molecule has 1 amide bonds. The van der Waals surface area contributed by atoms with Crippen molar-refractivity contribution >= 4 is 17.2 Å². The van der Waals surface area contributed by atoms with Crippen molar-refractivity contribution in [2.24, 2.45) is 5.73 Å². The van der Waals surface area contributed by atoms with Gasteiger partial charge in [0, 0.05) is 23.7 Å². The Kier molecular flexibility index (Phi) is 5.27. The van der Waals surface area contributed by atoms with E-state index in [2.05, 4.69) is 15.1 Å². The fourth-order valence-corrected chi connectivity index (χ4v) is 4.45. The Labute approximate surface area is 186 Å². The first-order valence-electron chi connectivity index (χ1n) is 10.2. The lowest BCUT2D eigenvalue weighted by molar-refractivity contribution is -0.0226. The van der Waals surface area contributed by atoms with E-state index in [1.54, 1.807) is 34.6 Å². The van der Waals surface area contributed by atoms with Crippen molar-refractivity contribution in [2.75, 3.05) is 6.61 Å². The summed E-state index contributed by atoms with van der Waals surface area (Å²) in [4.78, 5) is 19.6. The molecule has 0 bridgehead atoms. The van der Waals surface area contributed by atoms with Gasteiger partial charge in [-0.1, -0.05) is 6.07 Å². The number of rotatable bonds is 7. The maximum Gasteiger partial charge on any atom is 0.268 e. The maximum atomic E-state index is 13.8. The van der Waals surface area contributed by atoms with Gasteiger partial charge in [-0.3, -0.25) is 9.48 Å². The number of primary amides is 1. The summed E-state index contributed by atoms with van der Waals surface area (Å²) in [7, 11) is 0. The number of ether oxygens (including phenoxy) is 1. The fraction of sp³-hybridized carbons (Fsp3) is 0.286. The number of hydrogen-bond acceptors (Lipinski definition) is 7. The highest BCUT2D eigenvalue weighted by Crippen LogP contribution is 2.36. The van der Waals surface area contributed by atoms with Crippen LogP contribution >= 0.6 is 11.3 Å². The van der Waals surface area contributed by atoms with Crippen LogP contribution in [0.25, 0.3) is 27.6 Å². The zero-order valence-corrected chi connectivity index (χ0v) is 18.0. The molecular formula is C21H20FN7O2S. The normalized spacial score (nSPS) is 17.9. The Morgan fingerprint density at radius 1 is 1.31 bits per heavy atom. The minimum Gasteiger partial charge on any atom is -0.378 e. The van der Waals surface area contributed by atoms with Crippen LogP contribution in [0.5, 0.6) is 0 Å². The van der Waals surface area contributed by atoms with Crippen LogP contribution in [0.1, 0.15) is 36.3 Å². The van der Waals surface area contributed by atoms with Crippen molar-refractivity contribution in [3.8, 4) is 27.6 Å². The summed E-state index contributed by atoms with van der Waals surface area (Å²) in [6, 6.07) is 4.81. The van der Waals surface area contributed by atoms with E-state index in [1.165, 1.54) is 17.4 Å². The highest BCUT2D eigenvalue weighted by molar-refractivity contribution is 7.13. The summed E-state index contributed by atoms with van der Waals surface area (Å²) in [5.74, 6) is -1.16. The highest BCUT2D eigenvalue weighted by atomic mass is 32.1. The number of aromatic nitrogens is 6. The molecule has 9 nitrogen and oxygen atoms in total. The quantitative estimate of drug-likeness (QED) is 0.430. The van der Waals surface area contributed by atoms with Crippen molar-refractivity contribution in [2.45, 2.75) is 31.9 Å². The molecule has 2 N–H and O–H groups in total. The lowest BCUT2D eigenvalue weighted by Crippen LogP contribution is -2.33. The molecule has 1 saturated carbocycles. The van der Waals surface area contributed by atoms with Gasteiger partial charge in [-0.05, 0) is 31.9 Å². The summed E-state index contributed by atoms with van der Waals surface area (Å²) in [6.07, 6.45) is 7.29. The van der Waals surface area contributed by atoms with Crippen LogP contribution < -0.4 is 5.73 Å². The first-order chi connectivity index (χ1) is 15.5. The average molecular weight is 454 g/mol. The SMILES string of the molecule is CCOC1CC(n2cc(-n3cc(-c4nc(C(N)=O)cs4)cn3)c(-c3cccc(F)n3)n2)C1. The molecule has 0 aromatic carbocycles. The van der Waals surface area contributed by atoms with E-state index >= 15 is 0 Å². The number of pyridine rings is 1. The highest BCUT2D eigenvalue weighted by Gasteiger charge is 2.32. The molecule has 0 atom stereocenters. The molecule has 1 aliphatic carbocycles. The number of nitrogens with two attached hydrogens (primary N) is 1. The van der Waals surface area contributed by atoms with Crippen molar-refractivity contribution in [3.63, 3.8) is 0 Å². The summed E-state index contributed by atoms with van der Waals surface area (Å²) in [5.41, 5.74) is 7.86. The minimum absolute atomic E-state index is 0.194. The lowest BCUT2D eigenvalue weighted by atomic mass is 9.89. The third-order valence-electron chi connectivity index (χ3n) is 5.35. The molecule has 164 valence electrons. The second kappa shape index (κ2) is 8.24. The molecule has 4 heterocycles. The Bertz CT molecular complexity index is 1270. The van der Waals surface area contributed by atoms with E-state index in [9.17, 15) is 9.18 Å². The molecule has 4 aromatic heterocycles. The summed E-state index contributed by atoms with van der Waals surface area (Å²) in [5, 5.41) is 11.4. The Morgan fingerprint density at radius 3 is 2.88 bits per heavy atom. The molecule has 0 unspecified atom stereocenters. The molecule has 0 radical (unpaired) electrons. The molecule has 1 aliphatic rings.